The van der Waals surface area contributed by atoms with Gasteiger partial charge in [0.1, 0.15) is 6.33 Å². The Morgan fingerprint density at radius 2 is 2.00 bits per heavy atom. The molecule has 80 valence electrons. The first-order chi connectivity index (χ1) is 7.90. The van der Waals surface area contributed by atoms with Crippen LogP contribution in [0, 0.1) is 0 Å². The molecule has 1 aromatic carbocycles. The largest absolute Gasteiger partial charge is 0.245 e. The van der Waals surface area contributed by atoms with E-state index in [1.807, 2.05) is 12.1 Å². The van der Waals surface area contributed by atoms with E-state index in [1.54, 1.807) is 12.5 Å². The monoisotopic (exact) mass is 210 g/mol. The second-order valence-corrected chi connectivity index (χ2v) is 3.52. The lowest BCUT2D eigenvalue weighted by Crippen LogP contribution is -1.85. The van der Waals surface area contributed by atoms with Crippen LogP contribution in [0.4, 0.5) is 0 Å². The molecule has 0 atom stereocenters. The zero-order valence-corrected chi connectivity index (χ0v) is 9.30. The average molecular weight is 210 g/mol. The van der Waals surface area contributed by atoms with Crippen LogP contribution in [0.2, 0.25) is 0 Å². The van der Waals surface area contributed by atoms with E-state index in [4.69, 9.17) is 0 Å². The summed E-state index contributed by atoms with van der Waals surface area (Å²) in [4.78, 5) is 8.04. The molecule has 0 saturated carbocycles. The number of hydrogen-bond acceptors (Lipinski definition) is 2. The molecule has 0 fully saturated rings. The first kappa shape index (κ1) is 10.6. The molecule has 2 rings (SSSR count). The molecular weight excluding hydrogens is 196 g/mol. The SMILES string of the molecule is CCc1ccccc1C=Cc1ccncn1. The highest BCUT2D eigenvalue weighted by Crippen LogP contribution is 2.12. The van der Waals surface area contributed by atoms with Gasteiger partial charge in [0.2, 0.25) is 0 Å². The Morgan fingerprint density at radius 1 is 1.12 bits per heavy atom. The number of aromatic nitrogens is 2. The van der Waals surface area contributed by atoms with Gasteiger partial charge in [-0.25, -0.2) is 9.97 Å². The summed E-state index contributed by atoms with van der Waals surface area (Å²) < 4.78 is 0. The highest BCUT2D eigenvalue weighted by Gasteiger charge is 1.94. The number of aryl methyl sites for hydroxylation is 1. The van der Waals surface area contributed by atoms with E-state index in [1.165, 1.54) is 11.1 Å². The van der Waals surface area contributed by atoms with Gasteiger partial charge in [0.15, 0.2) is 0 Å². The van der Waals surface area contributed by atoms with Crippen molar-refractivity contribution in [3.63, 3.8) is 0 Å². The lowest BCUT2D eigenvalue weighted by molar-refractivity contribution is 1.13. The van der Waals surface area contributed by atoms with Crippen LogP contribution in [-0.2, 0) is 6.42 Å². The minimum atomic E-state index is 0.931. The maximum Gasteiger partial charge on any atom is 0.115 e. The average Bonchev–Trinajstić information content (AvgIpc) is 2.38. The van der Waals surface area contributed by atoms with Crippen LogP contribution >= 0.6 is 0 Å². The van der Waals surface area contributed by atoms with Gasteiger partial charge in [0.05, 0.1) is 5.69 Å². The van der Waals surface area contributed by atoms with E-state index in [0.29, 0.717) is 0 Å². The van der Waals surface area contributed by atoms with E-state index in [9.17, 15) is 0 Å². The summed E-state index contributed by atoms with van der Waals surface area (Å²) in [5.74, 6) is 0. The van der Waals surface area contributed by atoms with Gasteiger partial charge in [0, 0.05) is 6.20 Å². The highest BCUT2D eigenvalue weighted by molar-refractivity contribution is 5.69. The van der Waals surface area contributed by atoms with Crippen molar-refractivity contribution in [3.8, 4) is 0 Å². The number of nitrogens with zero attached hydrogens (tertiary/aromatic N) is 2. The molecule has 0 bridgehead atoms. The van der Waals surface area contributed by atoms with Gasteiger partial charge in [-0.3, -0.25) is 0 Å². The fourth-order valence-electron chi connectivity index (χ4n) is 1.59. The predicted octanol–water partition coefficient (Wildman–Crippen LogP) is 3.21. The van der Waals surface area contributed by atoms with Gasteiger partial charge in [-0.2, -0.15) is 0 Å². The summed E-state index contributed by atoms with van der Waals surface area (Å²) in [7, 11) is 0. The van der Waals surface area contributed by atoms with Gasteiger partial charge in [0.25, 0.3) is 0 Å². The Labute approximate surface area is 95.7 Å². The third-order valence-electron chi connectivity index (χ3n) is 2.47. The standard InChI is InChI=1S/C14H14N2/c1-2-12-5-3-4-6-13(12)7-8-14-9-10-15-11-16-14/h3-11H,2H2,1H3. The second kappa shape index (κ2) is 5.21. The molecular formula is C14H14N2. The Hall–Kier alpha value is -1.96. The van der Waals surface area contributed by atoms with Gasteiger partial charge in [-0.05, 0) is 29.7 Å². The Kier molecular flexibility index (Phi) is 3.44. The molecule has 0 aliphatic heterocycles. The molecule has 2 heteroatoms. The van der Waals surface area contributed by atoms with E-state index in [2.05, 4.69) is 47.2 Å². The molecule has 0 amide bonds. The molecule has 0 N–H and O–H groups in total. The Balaban J connectivity index is 2.24. The van der Waals surface area contributed by atoms with Crippen LogP contribution < -0.4 is 0 Å². The Morgan fingerprint density at radius 3 is 2.75 bits per heavy atom. The topological polar surface area (TPSA) is 25.8 Å². The van der Waals surface area contributed by atoms with Crippen molar-refractivity contribution < 1.29 is 0 Å². The van der Waals surface area contributed by atoms with Gasteiger partial charge in [-0.1, -0.05) is 37.3 Å². The first-order valence-corrected chi connectivity index (χ1v) is 5.42. The van der Waals surface area contributed by atoms with Crippen molar-refractivity contribution in [1.29, 1.82) is 0 Å². The molecule has 0 saturated heterocycles. The molecule has 0 unspecified atom stereocenters. The molecule has 16 heavy (non-hydrogen) atoms. The van der Waals surface area contributed by atoms with Crippen LogP contribution in [0.15, 0.2) is 42.9 Å². The summed E-state index contributed by atoms with van der Waals surface area (Å²) in [6.07, 6.45) is 8.46. The van der Waals surface area contributed by atoms with E-state index < -0.39 is 0 Å². The van der Waals surface area contributed by atoms with E-state index in [0.717, 1.165) is 12.1 Å². The lowest BCUT2D eigenvalue weighted by atomic mass is 10.0. The van der Waals surface area contributed by atoms with Crippen molar-refractivity contribution >= 4 is 12.2 Å². The molecule has 1 aromatic heterocycles. The Bertz CT molecular complexity index is 475. The number of hydrogen-bond donors (Lipinski definition) is 0. The van der Waals surface area contributed by atoms with Crippen molar-refractivity contribution in [2.75, 3.05) is 0 Å². The van der Waals surface area contributed by atoms with Gasteiger partial charge in [-0.15, -0.1) is 0 Å². The predicted molar refractivity (Wildman–Crippen MR) is 66.8 cm³/mol. The summed E-state index contributed by atoms with van der Waals surface area (Å²) >= 11 is 0. The fourth-order valence-corrected chi connectivity index (χ4v) is 1.59. The fraction of sp³-hybridized carbons (Fsp3) is 0.143. The van der Waals surface area contributed by atoms with Crippen molar-refractivity contribution in [3.05, 3.63) is 59.7 Å². The molecule has 0 radical (unpaired) electrons. The maximum atomic E-state index is 4.15. The molecule has 2 aromatic rings. The van der Waals surface area contributed by atoms with E-state index >= 15 is 0 Å². The van der Waals surface area contributed by atoms with Crippen LogP contribution in [0.1, 0.15) is 23.7 Å². The summed E-state index contributed by atoms with van der Waals surface area (Å²) in [5, 5.41) is 0. The molecule has 0 spiro atoms. The smallest absolute Gasteiger partial charge is 0.115 e. The van der Waals surface area contributed by atoms with Crippen LogP contribution in [0.25, 0.3) is 12.2 Å². The highest BCUT2D eigenvalue weighted by atomic mass is 14.8. The zero-order valence-electron chi connectivity index (χ0n) is 9.30. The van der Waals surface area contributed by atoms with Crippen LogP contribution in [0.3, 0.4) is 0 Å². The molecule has 2 nitrogen and oxygen atoms in total. The number of benzene rings is 1. The molecule has 1 heterocycles. The van der Waals surface area contributed by atoms with Crippen molar-refractivity contribution in [2.45, 2.75) is 13.3 Å². The number of rotatable bonds is 3. The van der Waals surface area contributed by atoms with Crippen LogP contribution in [0.5, 0.6) is 0 Å². The first-order valence-electron chi connectivity index (χ1n) is 5.42. The minimum Gasteiger partial charge on any atom is -0.245 e. The van der Waals surface area contributed by atoms with Crippen molar-refractivity contribution in [2.24, 2.45) is 0 Å². The normalized spacial score (nSPS) is 10.8. The summed E-state index contributed by atoms with van der Waals surface area (Å²) in [5.41, 5.74) is 3.54. The second-order valence-electron chi connectivity index (χ2n) is 3.52. The third kappa shape index (κ3) is 2.54. The molecule has 0 aliphatic carbocycles. The zero-order chi connectivity index (χ0) is 11.2. The minimum absolute atomic E-state index is 0.931. The summed E-state index contributed by atoms with van der Waals surface area (Å²) in [6, 6.07) is 10.3. The van der Waals surface area contributed by atoms with Crippen molar-refractivity contribution in [1.82, 2.24) is 9.97 Å². The quantitative estimate of drug-likeness (QED) is 0.777. The lowest BCUT2D eigenvalue weighted by Gasteiger charge is -2.01. The van der Waals surface area contributed by atoms with Gasteiger partial charge < -0.3 is 0 Å². The van der Waals surface area contributed by atoms with Crippen LogP contribution in [-0.4, -0.2) is 9.97 Å². The molecule has 0 aliphatic rings. The third-order valence-corrected chi connectivity index (χ3v) is 2.47. The summed E-state index contributed by atoms with van der Waals surface area (Å²) in [6.45, 7) is 2.16. The van der Waals surface area contributed by atoms with Gasteiger partial charge >= 0.3 is 0 Å². The van der Waals surface area contributed by atoms with E-state index in [-0.39, 0.29) is 0 Å². The maximum absolute atomic E-state index is 4.15.